The van der Waals surface area contributed by atoms with Gasteiger partial charge in [-0.15, -0.1) is 10.2 Å². The summed E-state index contributed by atoms with van der Waals surface area (Å²) >= 11 is 6.83. The van der Waals surface area contributed by atoms with Gasteiger partial charge < -0.3 is 11.2 Å². The van der Waals surface area contributed by atoms with Crippen molar-refractivity contribution in [1.82, 2.24) is 25.1 Å². The molecule has 11 heteroatoms. The molecule has 0 unspecified atom stereocenters. The average molecular weight is 444 g/mol. The van der Waals surface area contributed by atoms with Crippen molar-refractivity contribution in [1.29, 1.82) is 0 Å². The minimum atomic E-state index is -0.554. The number of nitrogens with two attached hydrogens (primary N) is 1. The van der Waals surface area contributed by atoms with Crippen LogP contribution in [0.5, 0.6) is 0 Å². The van der Waals surface area contributed by atoms with Crippen molar-refractivity contribution in [2.45, 2.75) is 5.16 Å². The first-order chi connectivity index (χ1) is 14.5. The second kappa shape index (κ2) is 8.56. The van der Waals surface area contributed by atoms with Crippen molar-refractivity contribution in [3.05, 3.63) is 65.4 Å². The van der Waals surface area contributed by atoms with Crippen LogP contribution < -0.4 is 11.2 Å². The molecule has 2 aromatic carbocycles. The molecule has 0 aliphatic rings. The van der Waals surface area contributed by atoms with Crippen LogP contribution in [0, 0.1) is 5.82 Å². The van der Waals surface area contributed by atoms with E-state index < -0.39 is 5.82 Å². The molecule has 0 aliphatic heterocycles. The minimum Gasteiger partial charge on any atom is -0.335 e. The lowest BCUT2D eigenvalue weighted by molar-refractivity contribution is -0.113. The predicted molar refractivity (Wildman–Crippen MR) is 114 cm³/mol. The van der Waals surface area contributed by atoms with Crippen molar-refractivity contribution < 1.29 is 9.18 Å². The number of hydrogen-bond donors (Lipinski definition) is 3. The maximum absolute atomic E-state index is 13.2. The van der Waals surface area contributed by atoms with Crippen molar-refractivity contribution in [3.8, 4) is 22.8 Å². The van der Waals surface area contributed by atoms with Crippen molar-refractivity contribution >= 4 is 35.0 Å². The summed E-state index contributed by atoms with van der Waals surface area (Å²) in [4.78, 5) is 12.1. The summed E-state index contributed by atoms with van der Waals surface area (Å²) in [6.45, 7) is 0. The highest BCUT2D eigenvalue weighted by Gasteiger charge is 2.16. The van der Waals surface area contributed by atoms with E-state index in [1.54, 1.807) is 0 Å². The number of benzene rings is 2. The van der Waals surface area contributed by atoms with E-state index >= 15 is 0 Å². The molecular formula is C19H15ClFN7OS. The molecule has 30 heavy (non-hydrogen) atoms. The first-order valence-corrected chi connectivity index (χ1v) is 10.1. The largest absolute Gasteiger partial charge is 0.335 e. The Bertz CT molecular complexity index is 1190. The topological polar surface area (TPSA) is 115 Å². The molecular weight excluding hydrogens is 429 g/mol. The predicted octanol–water partition coefficient (Wildman–Crippen LogP) is 3.57. The lowest BCUT2D eigenvalue weighted by Crippen LogP contribution is -2.16. The summed E-state index contributed by atoms with van der Waals surface area (Å²) in [5.41, 5.74) is 2.70. The number of hydrogen-bond acceptors (Lipinski definition) is 6. The summed E-state index contributed by atoms with van der Waals surface area (Å²) in [7, 11) is 0. The lowest BCUT2D eigenvalue weighted by atomic mass is 10.1. The molecule has 0 spiro atoms. The third-order valence-electron chi connectivity index (χ3n) is 4.09. The van der Waals surface area contributed by atoms with Gasteiger partial charge in [-0.3, -0.25) is 9.89 Å². The van der Waals surface area contributed by atoms with Gasteiger partial charge in [-0.1, -0.05) is 53.7 Å². The number of halogens is 2. The van der Waals surface area contributed by atoms with Crippen LogP contribution in [-0.4, -0.2) is 36.7 Å². The van der Waals surface area contributed by atoms with Crippen molar-refractivity contribution in [2.75, 3.05) is 16.9 Å². The van der Waals surface area contributed by atoms with Crippen LogP contribution in [0.15, 0.2) is 59.8 Å². The number of carbonyl (C=O) groups excluding carboxylic acids is 1. The number of thioether (sulfide) groups is 1. The van der Waals surface area contributed by atoms with Crippen LogP contribution in [0.4, 0.5) is 10.1 Å². The standard InChI is InChI=1S/C19H15ClFN7OS/c20-13-8-12(6-7-14(13)21)23-17(29)10-30-19-27-26-18(28(19)22)16-9-15(24-25-16)11-4-2-1-3-5-11/h1-9H,10,22H2,(H,23,29)(H,24,25). The third-order valence-corrected chi connectivity index (χ3v) is 5.32. The van der Waals surface area contributed by atoms with Gasteiger partial charge in [0.1, 0.15) is 11.5 Å². The van der Waals surface area contributed by atoms with Gasteiger partial charge in [0.25, 0.3) is 0 Å². The monoisotopic (exact) mass is 443 g/mol. The summed E-state index contributed by atoms with van der Waals surface area (Å²) < 4.78 is 14.5. The number of nitrogen functional groups attached to an aromatic ring is 1. The fraction of sp³-hybridized carbons (Fsp3) is 0.0526. The van der Waals surface area contributed by atoms with E-state index in [1.165, 1.54) is 22.9 Å². The maximum Gasteiger partial charge on any atom is 0.234 e. The zero-order valence-corrected chi connectivity index (χ0v) is 16.9. The third kappa shape index (κ3) is 4.29. The number of anilines is 1. The fourth-order valence-corrected chi connectivity index (χ4v) is 3.49. The Morgan fingerprint density at radius 1 is 1.20 bits per heavy atom. The summed E-state index contributed by atoms with van der Waals surface area (Å²) in [5.74, 6) is 5.64. The van der Waals surface area contributed by atoms with Gasteiger partial charge in [0, 0.05) is 11.3 Å². The molecule has 152 valence electrons. The van der Waals surface area contributed by atoms with Crippen LogP contribution in [-0.2, 0) is 4.79 Å². The van der Waals surface area contributed by atoms with Gasteiger partial charge in [0.05, 0.1) is 16.5 Å². The molecule has 4 aromatic rings. The Balaban J connectivity index is 1.42. The molecule has 4 N–H and O–H groups in total. The molecule has 0 saturated heterocycles. The van der Waals surface area contributed by atoms with Gasteiger partial charge >= 0.3 is 0 Å². The van der Waals surface area contributed by atoms with E-state index in [4.69, 9.17) is 17.4 Å². The molecule has 0 bridgehead atoms. The number of nitrogens with zero attached hydrogens (tertiary/aromatic N) is 4. The van der Waals surface area contributed by atoms with Crippen LogP contribution >= 0.6 is 23.4 Å². The number of nitrogens with one attached hydrogen (secondary N) is 2. The molecule has 8 nitrogen and oxygen atoms in total. The highest BCUT2D eigenvalue weighted by atomic mass is 35.5. The van der Waals surface area contributed by atoms with E-state index in [9.17, 15) is 9.18 Å². The van der Waals surface area contributed by atoms with E-state index in [0.29, 0.717) is 22.4 Å². The van der Waals surface area contributed by atoms with Crippen molar-refractivity contribution in [2.24, 2.45) is 0 Å². The van der Waals surface area contributed by atoms with E-state index in [2.05, 4.69) is 25.7 Å². The molecule has 2 heterocycles. The van der Waals surface area contributed by atoms with Gasteiger partial charge in [-0.05, 0) is 24.3 Å². The maximum atomic E-state index is 13.2. The van der Waals surface area contributed by atoms with E-state index in [-0.39, 0.29) is 16.7 Å². The molecule has 2 aromatic heterocycles. The van der Waals surface area contributed by atoms with Crippen LogP contribution in [0.3, 0.4) is 0 Å². The number of H-pyrrole nitrogens is 1. The summed E-state index contributed by atoms with van der Waals surface area (Å²) in [5, 5.41) is 18.2. The quantitative estimate of drug-likeness (QED) is 0.310. The van der Waals surface area contributed by atoms with Gasteiger partial charge in [-0.25, -0.2) is 9.07 Å². The Hall–Kier alpha value is -3.37. The SMILES string of the molecule is Nn1c(SCC(=O)Nc2ccc(F)c(Cl)c2)nnc1-c1cc(-c2ccccc2)n[nH]1. The molecule has 0 radical (unpaired) electrons. The highest BCUT2D eigenvalue weighted by molar-refractivity contribution is 7.99. The number of aromatic nitrogens is 5. The number of carbonyl (C=O) groups is 1. The Labute approximate surface area is 179 Å². The zero-order valence-electron chi connectivity index (χ0n) is 15.3. The Kier molecular flexibility index (Phi) is 5.68. The summed E-state index contributed by atoms with van der Waals surface area (Å²) in [6.07, 6.45) is 0. The van der Waals surface area contributed by atoms with E-state index in [1.807, 2.05) is 36.4 Å². The molecule has 0 aliphatic carbocycles. The van der Waals surface area contributed by atoms with E-state index in [0.717, 1.165) is 23.0 Å². The molecule has 1 amide bonds. The molecule has 0 fully saturated rings. The van der Waals surface area contributed by atoms with Crippen LogP contribution in [0.1, 0.15) is 0 Å². The zero-order chi connectivity index (χ0) is 21.1. The Morgan fingerprint density at radius 3 is 2.77 bits per heavy atom. The normalized spacial score (nSPS) is 10.9. The Morgan fingerprint density at radius 2 is 2.00 bits per heavy atom. The van der Waals surface area contributed by atoms with Gasteiger partial charge in [0.2, 0.25) is 16.9 Å². The second-order valence-corrected chi connectivity index (χ2v) is 7.52. The summed E-state index contributed by atoms with van der Waals surface area (Å²) in [6, 6.07) is 15.4. The molecule has 0 atom stereocenters. The smallest absolute Gasteiger partial charge is 0.234 e. The first kappa shape index (κ1) is 19.9. The minimum absolute atomic E-state index is 0.0303. The number of amides is 1. The number of aromatic amines is 1. The van der Waals surface area contributed by atoms with Gasteiger partial charge in [-0.2, -0.15) is 5.10 Å². The number of rotatable bonds is 6. The fourth-order valence-electron chi connectivity index (χ4n) is 2.65. The highest BCUT2D eigenvalue weighted by Crippen LogP contribution is 2.25. The molecule has 4 rings (SSSR count). The lowest BCUT2D eigenvalue weighted by Gasteiger charge is -2.06. The first-order valence-electron chi connectivity index (χ1n) is 8.70. The van der Waals surface area contributed by atoms with Crippen molar-refractivity contribution in [3.63, 3.8) is 0 Å². The second-order valence-electron chi connectivity index (χ2n) is 6.17. The van der Waals surface area contributed by atoms with Gasteiger partial charge in [0.15, 0.2) is 0 Å². The average Bonchev–Trinajstić information content (AvgIpc) is 3.37. The van der Waals surface area contributed by atoms with Crippen LogP contribution in [0.2, 0.25) is 5.02 Å². The molecule has 0 saturated carbocycles. The van der Waals surface area contributed by atoms with Crippen LogP contribution in [0.25, 0.3) is 22.8 Å².